The molecule has 1 heterocycles. The maximum atomic E-state index is 10.9. The lowest BCUT2D eigenvalue weighted by molar-refractivity contribution is -0.116. The van der Waals surface area contributed by atoms with Gasteiger partial charge < -0.3 is 20.8 Å². The standard InChI is InChI=1S/C11H14N4O2/c1-2-15(6-10(13)16)11-14-8-4-3-7(12)5-9(8)17-11/h3-5H,2,6,12H2,1H3,(H2,13,16). The summed E-state index contributed by atoms with van der Waals surface area (Å²) in [5.74, 6) is -0.423. The van der Waals surface area contributed by atoms with Crippen molar-refractivity contribution in [1.82, 2.24) is 4.98 Å². The van der Waals surface area contributed by atoms with Gasteiger partial charge in [-0.05, 0) is 19.1 Å². The fourth-order valence-corrected chi connectivity index (χ4v) is 1.57. The maximum absolute atomic E-state index is 10.9. The lowest BCUT2D eigenvalue weighted by Gasteiger charge is -2.15. The molecule has 0 atom stereocenters. The number of amides is 1. The van der Waals surface area contributed by atoms with E-state index in [2.05, 4.69) is 4.98 Å². The van der Waals surface area contributed by atoms with Crippen LogP contribution in [0.25, 0.3) is 11.1 Å². The summed E-state index contributed by atoms with van der Waals surface area (Å²) >= 11 is 0. The summed E-state index contributed by atoms with van der Waals surface area (Å²) in [7, 11) is 0. The van der Waals surface area contributed by atoms with Crippen molar-refractivity contribution < 1.29 is 9.21 Å². The zero-order valence-corrected chi connectivity index (χ0v) is 9.51. The average Bonchev–Trinajstić information content (AvgIpc) is 2.68. The molecular formula is C11H14N4O2. The van der Waals surface area contributed by atoms with Gasteiger partial charge >= 0.3 is 0 Å². The summed E-state index contributed by atoms with van der Waals surface area (Å²) in [4.78, 5) is 16.8. The molecule has 2 rings (SSSR count). The number of anilines is 2. The molecule has 0 aliphatic rings. The number of aromatic nitrogens is 1. The monoisotopic (exact) mass is 234 g/mol. The number of hydrogen-bond donors (Lipinski definition) is 2. The van der Waals surface area contributed by atoms with Crippen molar-refractivity contribution in [1.29, 1.82) is 0 Å². The summed E-state index contributed by atoms with van der Waals surface area (Å²) in [6, 6.07) is 5.60. The van der Waals surface area contributed by atoms with Crippen molar-refractivity contribution in [3.63, 3.8) is 0 Å². The number of fused-ring (bicyclic) bond motifs is 1. The first-order valence-electron chi connectivity index (χ1n) is 5.29. The lowest BCUT2D eigenvalue weighted by Crippen LogP contribution is -2.33. The van der Waals surface area contributed by atoms with E-state index in [0.29, 0.717) is 29.3 Å². The molecule has 0 spiro atoms. The zero-order chi connectivity index (χ0) is 12.4. The summed E-state index contributed by atoms with van der Waals surface area (Å²) < 4.78 is 5.53. The molecule has 1 aromatic heterocycles. The summed E-state index contributed by atoms with van der Waals surface area (Å²) in [6.07, 6.45) is 0. The number of primary amides is 1. The molecule has 0 unspecified atom stereocenters. The van der Waals surface area contributed by atoms with Crippen LogP contribution in [0.1, 0.15) is 6.92 Å². The van der Waals surface area contributed by atoms with E-state index in [1.807, 2.05) is 6.92 Å². The highest BCUT2D eigenvalue weighted by atomic mass is 16.4. The summed E-state index contributed by atoms with van der Waals surface area (Å²) in [5.41, 5.74) is 12.7. The van der Waals surface area contributed by atoms with Crippen molar-refractivity contribution in [3.05, 3.63) is 18.2 Å². The minimum Gasteiger partial charge on any atom is -0.423 e. The molecule has 6 heteroatoms. The first-order chi connectivity index (χ1) is 8.10. The molecule has 6 nitrogen and oxygen atoms in total. The Morgan fingerprint density at radius 1 is 1.53 bits per heavy atom. The number of benzene rings is 1. The third-order valence-corrected chi connectivity index (χ3v) is 2.40. The van der Waals surface area contributed by atoms with Gasteiger partial charge in [0.1, 0.15) is 12.1 Å². The Kier molecular flexibility index (Phi) is 2.86. The van der Waals surface area contributed by atoms with E-state index in [1.165, 1.54) is 0 Å². The molecule has 0 fully saturated rings. The van der Waals surface area contributed by atoms with Gasteiger partial charge in [0, 0.05) is 18.3 Å². The molecule has 0 radical (unpaired) electrons. The van der Waals surface area contributed by atoms with Crippen LogP contribution in [0.2, 0.25) is 0 Å². The molecule has 1 aromatic carbocycles. The van der Waals surface area contributed by atoms with E-state index in [1.54, 1.807) is 23.1 Å². The number of rotatable bonds is 4. The molecule has 0 aliphatic carbocycles. The Morgan fingerprint density at radius 2 is 2.29 bits per heavy atom. The van der Waals surface area contributed by atoms with E-state index >= 15 is 0 Å². The number of carbonyl (C=O) groups excluding carboxylic acids is 1. The molecule has 0 saturated heterocycles. The quantitative estimate of drug-likeness (QED) is 0.759. The van der Waals surface area contributed by atoms with Gasteiger partial charge in [-0.15, -0.1) is 0 Å². The molecule has 2 aromatic rings. The number of nitrogen functional groups attached to an aromatic ring is 1. The van der Waals surface area contributed by atoms with E-state index in [-0.39, 0.29) is 6.54 Å². The van der Waals surface area contributed by atoms with Gasteiger partial charge in [0.05, 0.1) is 0 Å². The van der Waals surface area contributed by atoms with Crippen molar-refractivity contribution in [2.75, 3.05) is 23.7 Å². The first kappa shape index (κ1) is 11.3. The number of nitrogens with zero attached hydrogens (tertiary/aromatic N) is 2. The van der Waals surface area contributed by atoms with Crippen molar-refractivity contribution >= 4 is 28.7 Å². The van der Waals surface area contributed by atoms with Gasteiger partial charge in [-0.3, -0.25) is 4.79 Å². The number of hydrogen-bond acceptors (Lipinski definition) is 5. The normalized spacial score (nSPS) is 10.6. The smallest absolute Gasteiger partial charge is 0.298 e. The highest BCUT2D eigenvalue weighted by Gasteiger charge is 2.14. The third kappa shape index (κ3) is 2.30. The third-order valence-electron chi connectivity index (χ3n) is 2.40. The second-order valence-electron chi connectivity index (χ2n) is 3.70. The highest BCUT2D eigenvalue weighted by molar-refractivity contribution is 5.81. The zero-order valence-electron chi connectivity index (χ0n) is 9.51. The van der Waals surface area contributed by atoms with Crippen LogP contribution in [-0.4, -0.2) is 24.0 Å². The highest BCUT2D eigenvalue weighted by Crippen LogP contribution is 2.23. The Balaban J connectivity index is 2.37. The predicted molar refractivity (Wildman–Crippen MR) is 65.5 cm³/mol. The molecule has 0 saturated carbocycles. The Bertz CT molecular complexity index is 549. The molecule has 4 N–H and O–H groups in total. The van der Waals surface area contributed by atoms with Crippen molar-refractivity contribution in [2.24, 2.45) is 5.73 Å². The van der Waals surface area contributed by atoms with Crippen LogP contribution in [0.4, 0.5) is 11.7 Å². The van der Waals surface area contributed by atoms with Gasteiger partial charge in [0.15, 0.2) is 5.58 Å². The molecule has 90 valence electrons. The van der Waals surface area contributed by atoms with Crippen LogP contribution < -0.4 is 16.4 Å². The molecular weight excluding hydrogens is 220 g/mol. The number of nitrogens with two attached hydrogens (primary N) is 2. The lowest BCUT2D eigenvalue weighted by atomic mass is 10.3. The van der Waals surface area contributed by atoms with Crippen LogP contribution in [-0.2, 0) is 4.79 Å². The molecule has 17 heavy (non-hydrogen) atoms. The minimum absolute atomic E-state index is 0.0821. The second kappa shape index (κ2) is 4.32. The largest absolute Gasteiger partial charge is 0.423 e. The number of carbonyl (C=O) groups is 1. The molecule has 0 bridgehead atoms. The average molecular weight is 234 g/mol. The maximum Gasteiger partial charge on any atom is 0.298 e. The van der Waals surface area contributed by atoms with Crippen LogP contribution >= 0.6 is 0 Å². The Morgan fingerprint density at radius 3 is 2.94 bits per heavy atom. The van der Waals surface area contributed by atoms with Gasteiger partial charge in [-0.2, -0.15) is 4.98 Å². The predicted octanol–water partition coefficient (Wildman–Crippen LogP) is 0.722. The molecule has 0 aliphatic heterocycles. The van der Waals surface area contributed by atoms with Gasteiger partial charge in [0.2, 0.25) is 5.91 Å². The SMILES string of the molecule is CCN(CC(N)=O)c1nc2ccc(N)cc2o1. The van der Waals surface area contributed by atoms with Crippen LogP contribution in [0, 0.1) is 0 Å². The summed E-state index contributed by atoms with van der Waals surface area (Å²) in [5, 5.41) is 0. The number of oxazole rings is 1. The summed E-state index contributed by atoms with van der Waals surface area (Å²) in [6.45, 7) is 2.57. The molecule has 1 amide bonds. The van der Waals surface area contributed by atoms with Crippen LogP contribution in [0.3, 0.4) is 0 Å². The first-order valence-corrected chi connectivity index (χ1v) is 5.29. The fourth-order valence-electron chi connectivity index (χ4n) is 1.57. The van der Waals surface area contributed by atoms with Crippen LogP contribution in [0.15, 0.2) is 22.6 Å². The van der Waals surface area contributed by atoms with E-state index in [9.17, 15) is 4.79 Å². The fraction of sp³-hybridized carbons (Fsp3) is 0.273. The Labute approximate surface area is 98.2 Å². The van der Waals surface area contributed by atoms with Gasteiger partial charge in [0.25, 0.3) is 6.01 Å². The number of likely N-dealkylation sites (N-methyl/N-ethyl adjacent to an activating group) is 1. The topological polar surface area (TPSA) is 98.4 Å². The van der Waals surface area contributed by atoms with E-state index in [0.717, 1.165) is 0 Å². The van der Waals surface area contributed by atoms with Gasteiger partial charge in [-0.1, -0.05) is 0 Å². The van der Waals surface area contributed by atoms with Crippen molar-refractivity contribution in [3.8, 4) is 0 Å². The second-order valence-corrected chi connectivity index (χ2v) is 3.70. The minimum atomic E-state index is -0.423. The Hall–Kier alpha value is -2.24. The van der Waals surface area contributed by atoms with Crippen LogP contribution in [0.5, 0.6) is 0 Å². The van der Waals surface area contributed by atoms with E-state index in [4.69, 9.17) is 15.9 Å². The van der Waals surface area contributed by atoms with Crippen molar-refractivity contribution in [2.45, 2.75) is 6.92 Å². The van der Waals surface area contributed by atoms with E-state index < -0.39 is 5.91 Å². The van der Waals surface area contributed by atoms with Gasteiger partial charge in [-0.25, -0.2) is 0 Å².